The van der Waals surface area contributed by atoms with Gasteiger partial charge in [0.1, 0.15) is 0 Å². The number of hydrogen-bond donors (Lipinski definition) is 0. The van der Waals surface area contributed by atoms with E-state index >= 15 is 0 Å². The SMILES string of the molecule is O=C(OC1OCO1)c1cccc(C(=O)OC2OCO2)c1. The second-order valence-corrected chi connectivity index (χ2v) is 3.87. The molecule has 8 nitrogen and oxygen atoms in total. The maximum Gasteiger partial charge on any atom is 0.342 e. The van der Waals surface area contributed by atoms with E-state index in [9.17, 15) is 9.59 Å². The molecule has 8 heteroatoms. The number of ether oxygens (including phenoxy) is 6. The van der Waals surface area contributed by atoms with Gasteiger partial charge in [-0.3, -0.25) is 18.9 Å². The Morgan fingerprint density at radius 1 is 0.900 bits per heavy atom. The van der Waals surface area contributed by atoms with E-state index in [4.69, 9.17) is 28.4 Å². The van der Waals surface area contributed by atoms with E-state index < -0.39 is 24.9 Å². The molecule has 0 atom stereocenters. The molecule has 0 spiro atoms. The van der Waals surface area contributed by atoms with Crippen molar-refractivity contribution in [3.63, 3.8) is 0 Å². The molecule has 2 fully saturated rings. The van der Waals surface area contributed by atoms with Crippen molar-refractivity contribution in [3.05, 3.63) is 35.4 Å². The lowest BCUT2D eigenvalue weighted by Crippen LogP contribution is -2.35. The standard InChI is InChI=1S/C12H10O8/c13-9(19-11-15-5-16-11)7-2-1-3-8(4-7)10(14)20-12-17-6-18-12/h1-4,11-12H,5-6H2. The highest BCUT2D eigenvalue weighted by atomic mass is 17.0. The van der Waals surface area contributed by atoms with Gasteiger partial charge in [-0.05, 0) is 18.2 Å². The highest BCUT2D eigenvalue weighted by Crippen LogP contribution is 2.15. The van der Waals surface area contributed by atoms with Crippen LogP contribution < -0.4 is 0 Å². The van der Waals surface area contributed by atoms with Crippen molar-refractivity contribution in [2.24, 2.45) is 0 Å². The van der Waals surface area contributed by atoms with E-state index in [1.54, 1.807) is 0 Å². The summed E-state index contributed by atoms with van der Waals surface area (Å²) in [4.78, 5) is 23.5. The summed E-state index contributed by atoms with van der Waals surface area (Å²) >= 11 is 0. The largest absolute Gasteiger partial charge is 0.406 e. The fourth-order valence-corrected chi connectivity index (χ4v) is 1.47. The summed E-state index contributed by atoms with van der Waals surface area (Å²) in [6, 6.07) is 5.85. The summed E-state index contributed by atoms with van der Waals surface area (Å²) in [5.74, 6) is -1.33. The Morgan fingerprint density at radius 3 is 1.70 bits per heavy atom. The molecular formula is C12H10O8. The third-order valence-corrected chi connectivity index (χ3v) is 2.56. The minimum Gasteiger partial charge on any atom is -0.406 e. The third-order valence-electron chi connectivity index (χ3n) is 2.56. The Kier molecular flexibility index (Phi) is 3.61. The first-order valence-electron chi connectivity index (χ1n) is 5.71. The number of carbonyl (C=O) groups excluding carboxylic acids is 2. The molecule has 0 saturated carbocycles. The first-order chi connectivity index (χ1) is 9.72. The monoisotopic (exact) mass is 282 g/mol. The molecule has 2 aliphatic rings. The lowest BCUT2D eigenvalue weighted by atomic mass is 10.1. The first-order valence-corrected chi connectivity index (χ1v) is 5.71. The molecule has 20 heavy (non-hydrogen) atoms. The number of hydrogen-bond acceptors (Lipinski definition) is 8. The van der Waals surface area contributed by atoms with E-state index in [-0.39, 0.29) is 24.7 Å². The summed E-state index contributed by atoms with van der Waals surface area (Å²) in [6.45, 7) is -1.80. The molecule has 2 heterocycles. The van der Waals surface area contributed by atoms with Crippen LogP contribution in [0.4, 0.5) is 0 Å². The number of carbonyl (C=O) groups is 2. The molecule has 2 aliphatic heterocycles. The predicted molar refractivity (Wildman–Crippen MR) is 58.9 cm³/mol. The van der Waals surface area contributed by atoms with Crippen LogP contribution >= 0.6 is 0 Å². The average molecular weight is 282 g/mol. The summed E-state index contributed by atoms with van der Waals surface area (Å²) in [7, 11) is 0. The highest BCUT2D eigenvalue weighted by molar-refractivity contribution is 5.95. The molecule has 0 radical (unpaired) electrons. The molecule has 0 bridgehead atoms. The zero-order valence-electron chi connectivity index (χ0n) is 10.1. The van der Waals surface area contributed by atoms with E-state index in [1.807, 2.05) is 0 Å². The molecule has 0 aliphatic carbocycles. The first kappa shape index (κ1) is 13.0. The zero-order chi connectivity index (χ0) is 13.9. The van der Waals surface area contributed by atoms with E-state index in [0.717, 1.165) is 0 Å². The minimum atomic E-state index is -0.991. The predicted octanol–water partition coefficient (Wildman–Crippen LogP) is 0.576. The van der Waals surface area contributed by atoms with Crippen molar-refractivity contribution < 1.29 is 38.0 Å². The van der Waals surface area contributed by atoms with Gasteiger partial charge in [0.15, 0.2) is 13.6 Å². The molecule has 0 N–H and O–H groups in total. The fourth-order valence-electron chi connectivity index (χ4n) is 1.47. The van der Waals surface area contributed by atoms with Crippen LogP contribution in [0, 0.1) is 0 Å². The molecule has 0 unspecified atom stereocenters. The van der Waals surface area contributed by atoms with Crippen LogP contribution in [0.3, 0.4) is 0 Å². The molecule has 0 amide bonds. The van der Waals surface area contributed by atoms with E-state index in [2.05, 4.69) is 0 Å². The van der Waals surface area contributed by atoms with Crippen molar-refractivity contribution in [2.75, 3.05) is 13.6 Å². The summed E-state index contributed by atoms with van der Waals surface area (Å²) in [5.41, 5.74) is 0.350. The van der Waals surface area contributed by atoms with Crippen LogP contribution in [0.1, 0.15) is 20.7 Å². The van der Waals surface area contributed by atoms with Crippen LogP contribution in [-0.2, 0) is 28.4 Å². The Balaban J connectivity index is 1.64. The van der Waals surface area contributed by atoms with Gasteiger partial charge in [-0.25, -0.2) is 9.59 Å². The number of rotatable bonds is 4. The van der Waals surface area contributed by atoms with Gasteiger partial charge < -0.3 is 9.47 Å². The van der Waals surface area contributed by atoms with Gasteiger partial charge in [-0.1, -0.05) is 6.07 Å². The smallest absolute Gasteiger partial charge is 0.342 e. The fraction of sp³-hybridized carbons (Fsp3) is 0.333. The maximum atomic E-state index is 11.7. The lowest BCUT2D eigenvalue weighted by Gasteiger charge is -2.26. The quantitative estimate of drug-likeness (QED) is 0.741. The maximum absolute atomic E-state index is 11.7. The van der Waals surface area contributed by atoms with Gasteiger partial charge in [0.2, 0.25) is 0 Å². The Hall–Kier alpha value is -2.00. The Bertz CT molecular complexity index is 477. The molecule has 2 saturated heterocycles. The van der Waals surface area contributed by atoms with Crippen LogP contribution in [0.25, 0.3) is 0 Å². The number of esters is 2. The van der Waals surface area contributed by atoms with Crippen molar-refractivity contribution in [1.29, 1.82) is 0 Å². The molecule has 1 aromatic rings. The topological polar surface area (TPSA) is 89.5 Å². The molecule has 106 valence electrons. The van der Waals surface area contributed by atoms with Gasteiger partial charge in [0, 0.05) is 0 Å². The zero-order valence-corrected chi connectivity index (χ0v) is 10.1. The van der Waals surface area contributed by atoms with Gasteiger partial charge in [-0.15, -0.1) is 0 Å². The highest BCUT2D eigenvalue weighted by Gasteiger charge is 2.26. The van der Waals surface area contributed by atoms with Crippen molar-refractivity contribution in [1.82, 2.24) is 0 Å². The van der Waals surface area contributed by atoms with Crippen LogP contribution in [-0.4, -0.2) is 38.5 Å². The second-order valence-electron chi connectivity index (χ2n) is 3.87. The van der Waals surface area contributed by atoms with Crippen LogP contribution in [0.5, 0.6) is 0 Å². The second kappa shape index (κ2) is 5.55. The van der Waals surface area contributed by atoms with Crippen molar-refractivity contribution in [3.8, 4) is 0 Å². The van der Waals surface area contributed by atoms with E-state index in [0.29, 0.717) is 0 Å². The van der Waals surface area contributed by atoms with Crippen molar-refractivity contribution in [2.45, 2.75) is 13.0 Å². The summed E-state index contributed by atoms with van der Waals surface area (Å²) in [6.07, 6.45) is 0. The Morgan fingerprint density at radius 2 is 1.35 bits per heavy atom. The van der Waals surface area contributed by atoms with E-state index in [1.165, 1.54) is 24.3 Å². The lowest BCUT2D eigenvalue weighted by molar-refractivity contribution is -0.402. The normalized spacial score (nSPS) is 18.8. The molecular weight excluding hydrogens is 272 g/mol. The molecule has 1 aromatic carbocycles. The molecule has 0 aromatic heterocycles. The number of benzene rings is 1. The van der Waals surface area contributed by atoms with Gasteiger partial charge in [0.25, 0.3) is 0 Å². The summed E-state index contributed by atoms with van der Waals surface area (Å²) in [5, 5.41) is 0. The van der Waals surface area contributed by atoms with Crippen LogP contribution in [0.15, 0.2) is 24.3 Å². The van der Waals surface area contributed by atoms with Crippen LogP contribution in [0.2, 0.25) is 0 Å². The average Bonchev–Trinajstić information content (AvgIpc) is 2.38. The summed E-state index contributed by atoms with van der Waals surface area (Å²) < 4.78 is 28.8. The Labute approximate surface area is 113 Å². The van der Waals surface area contributed by atoms with Gasteiger partial charge in [-0.2, -0.15) is 0 Å². The van der Waals surface area contributed by atoms with Crippen molar-refractivity contribution >= 4 is 11.9 Å². The van der Waals surface area contributed by atoms with Gasteiger partial charge in [0.05, 0.1) is 11.1 Å². The molecule has 3 rings (SSSR count). The third kappa shape index (κ3) is 2.78. The van der Waals surface area contributed by atoms with Gasteiger partial charge >= 0.3 is 24.9 Å². The minimum absolute atomic E-state index is 0.0890.